The molecular formula is C11H17N3O3. The highest BCUT2D eigenvalue weighted by molar-refractivity contribution is 5.94. The number of primary amides is 1. The van der Waals surface area contributed by atoms with Gasteiger partial charge in [0.1, 0.15) is 12.1 Å². The van der Waals surface area contributed by atoms with Crippen molar-refractivity contribution in [3.05, 3.63) is 12.7 Å². The van der Waals surface area contributed by atoms with Crippen molar-refractivity contribution in [3.63, 3.8) is 0 Å². The second-order valence-corrected chi connectivity index (χ2v) is 4.03. The van der Waals surface area contributed by atoms with Gasteiger partial charge in [0.15, 0.2) is 0 Å². The molecule has 6 heteroatoms. The molecule has 6 nitrogen and oxygen atoms in total. The predicted octanol–water partition coefficient (Wildman–Crippen LogP) is -0.847. The summed E-state index contributed by atoms with van der Waals surface area (Å²) in [4.78, 5) is 35.6. The highest BCUT2D eigenvalue weighted by Crippen LogP contribution is 2.17. The smallest absolute Gasteiger partial charge is 0.245 e. The Bertz CT molecular complexity index is 354. The van der Waals surface area contributed by atoms with Crippen molar-refractivity contribution >= 4 is 17.7 Å². The van der Waals surface area contributed by atoms with Gasteiger partial charge in [0, 0.05) is 6.54 Å². The molecule has 0 aliphatic carbocycles. The average Bonchev–Trinajstić information content (AvgIpc) is 2.76. The van der Waals surface area contributed by atoms with Gasteiger partial charge in [-0.25, -0.2) is 0 Å². The van der Waals surface area contributed by atoms with Crippen LogP contribution in [0, 0.1) is 0 Å². The van der Waals surface area contributed by atoms with E-state index >= 15 is 0 Å². The monoisotopic (exact) mass is 239 g/mol. The molecule has 3 amide bonds. The molecule has 94 valence electrons. The lowest BCUT2D eigenvalue weighted by atomic mass is 10.2. The van der Waals surface area contributed by atoms with Gasteiger partial charge in [-0.05, 0) is 25.8 Å². The lowest BCUT2D eigenvalue weighted by molar-refractivity contribution is -0.139. The number of carbonyl (C=O) groups excluding carboxylic acids is 3. The van der Waals surface area contributed by atoms with E-state index in [1.165, 1.54) is 4.90 Å². The number of carbonyl (C=O) groups is 3. The molecule has 1 saturated heterocycles. The van der Waals surface area contributed by atoms with Gasteiger partial charge in [-0.3, -0.25) is 14.4 Å². The van der Waals surface area contributed by atoms with Crippen LogP contribution in [0.5, 0.6) is 0 Å². The summed E-state index contributed by atoms with van der Waals surface area (Å²) in [7, 11) is 0. The zero-order chi connectivity index (χ0) is 13.0. The zero-order valence-electron chi connectivity index (χ0n) is 9.81. The van der Waals surface area contributed by atoms with E-state index in [1.807, 2.05) is 0 Å². The SMILES string of the molecule is C=CC(=O)NC(C)C(=O)N1CCC[C@H]1C(N)=O. The number of nitrogens with one attached hydrogen (secondary N) is 1. The summed E-state index contributed by atoms with van der Waals surface area (Å²) in [6.07, 6.45) is 2.43. The van der Waals surface area contributed by atoms with Crippen molar-refractivity contribution in [2.24, 2.45) is 5.73 Å². The molecule has 0 radical (unpaired) electrons. The number of likely N-dealkylation sites (tertiary alicyclic amines) is 1. The Balaban J connectivity index is 2.65. The first-order chi connectivity index (χ1) is 7.97. The predicted molar refractivity (Wildman–Crippen MR) is 61.7 cm³/mol. The molecule has 1 aliphatic heterocycles. The largest absolute Gasteiger partial charge is 0.368 e. The molecule has 1 fully saturated rings. The van der Waals surface area contributed by atoms with Crippen LogP contribution in [0.3, 0.4) is 0 Å². The Morgan fingerprint density at radius 2 is 2.18 bits per heavy atom. The number of hydrogen-bond donors (Lipinski definition) is 2. The van der Waals surface area contributed by atoms with E-state index in [9.17, 15) is 14.4 Å². The van der Waals surface area contributed by atoms with Crippen molar-refractivity contribution in [2.75, 3.05) is 6.54 Å². The molecule has 0 aromatic carbocycles. The van der Waals surface area contributed by atoms with Crippen LogP contribution in [0.25, 0.3) is 0 Å². The maximum Gasteiger partial charge on any atom is 0.245 e. The third kappa shape index (κ3) is 3.05. The lowest BCUT2D eigenvalue weighted by Crippen LogP contribution is -2.51. The molecule has 1 rings (SSSR count). The molecule has 0 bridgehead atoms. The number of nitrogens with zero attached hydrogens (tertiary/aromatic N) is 1. The van der Waals surface area contributed by atoms with E-state index in [0.717, 1.165) is 12.5 Å². The summed E-state index contributed by atoms with van der Waals surface area (Å²) in [5.74, 6) is -1.21. The first-order valence-corrected chi connectivity index (χ1v) is 5.50. The summed E-state index contributed by atoms with van der Waals surface area (Å²) in [6, 6.07) is -1.23. The van der Waals surface area contributed by atoms with Crippen molar-refractivity contribution in [1.29, 1.82) is 0 Å². The first kappa shape index (κ1) is 13.2. The lowest BCUT2D eigenvalue weighted by Gasteiger charge is -2.25. The first-order valence-electron chi connectivity index (χ1n) is 5.50. The number of nitrogens with two attached hydrogens (primary N) is 1. The minimum Gasteiger partial charge on any atom is -0.368 e. The third-order valence-corrected chi connectivity index (χ3v) is 2.78. The molecule has 0 spiro atoms. The second-order valence-electron chi connectivity index (χ2n) is 4.03. The Hall–Kier alpha value is -1.85. The van der Waals surface area contributed by atoms with Crippen molar-refractivity contribution in [2.45, 2.75) is 31.8 Å². The van der Waals surface area contributed by atoms with E-state index in [1.54, 1.807) is 6.92 Å². The summed E-state index contributed by atoms with van der Waals surface area (Å²) < 4.78 is 0. The zero-order valence-corrected chi connectivity index (χ0v) is 9.81. The second kappa shape index (κ2) is 5.47. The molecule has 17 heavy (non-hydrogen) atoms. The Labute approximate surface area is 99.8 Å². The van der Waals surface area contributed by atoms with Crippen LogP contribution in [0.4, 0.5) is 0 Å². The van der Waals surface area contributed by atoms with E-state index < -0.39 is 23.9 Å². The molecule has 2 atom stereocenters. The van der Waals surface area contributed by atoms with Crippen LogP contribution in [-0.4, -0.2) is 41.2 Å². The van der Waals surface area contributed by atoms with E-state index in [0.29, 0.717) is 13.0 Å². The van der Waals surface area contributed by atoms with Gasteiger partial charge in [-0.1, -0.05) is 6.58 Å². The van der Waals surface area contributed by atoms with E-state index in [-0.39, 0.29) is 5.91 Å². The maximum absolute atomic E-state index is 12.0. The van der Waals surface area contributed by atoms with Crippen LogP contribution in [0.1, 0.15) is 19.8 Å². The topological polar surface area (TPSA) is 92.5 Å². The normalized spacial score (nSPS) is 20.8. The minimum atomic E-state index is -0.680. The molecule has 0 aromatic rings. The molecule has 3 N–H and O–H groups in total. The van der Waals surface area contributed by atoms with Gasteiger partial charge in [0.25, 0.3) is 0 Å². The van der Waals surface area contributed by atoms with Gasteiger partial charge in [-0.2, -0.15) is 0 Å². The van der Waals surface area contributed by atoms with Crippen molar-refractivity contribution in [3.8, 4) is 0 Å². The average molecular weight is 239 g/mol. The van der Waals surface area contributed by atoms with E-state index in [2.05, 4.69) is 11.9 Å². The van der Waals surface area contributed by atoms with Crippen LogP contribution in [0.15, 0.2) is 12.7 Å². The highest BCUT2D eigenvalue weighted by atomic mass is 16.2. The molecule has 0 aromatic heterocycles. The van der Waals surface area contributed by atoms with Gasteiger partial charge < -0.3 is 16.0 Å². The summed E-state index contributed by atoms with van der Waals surface area (Å²) in [5.41, 5.74) is 5.22. The fourth-order valence-electron chi connectivity index (χ4n) is 1.91. The van der Waals surface area contributed by atoms with Crippen LogP contribution in [-0.2, 0) is 14.4 Å². The maximum atomic E-state index is 12.0. The fourth-order valence-corrected chi connectivity index (χ4v) is 1.91. The van der Waals surface area contributed by atoms with Crippen LogP contribution < -0.4 is 11.1 Å². The third-order valence-electron chi connectivity index (χ3n) is 2.78. The highest BCUT2D eigenvalue weighted by Gasteiger charge is 2.34. The minimum absolute atomic E-state index is 0.290. The van der Waals surface area contributed by atoms with E-state index in [4.69, 9.17) is 5.73 Å². The Morgan fingerprint density at radius 3 is 2.71 bits per heavy atom. The quantitative estimate of drug-likeness (QED) is 0.626. The number of rotatable bonds is 4. The molecule has 1 heterocycles. The van der Waals surface area contributed by atoms with Gasteiger partial charge in [0.2, 0.25) is 17.7 Å². The number of hydrogen-bond acceptors (Lipinski definition) is 3. The molecule has 0 saturated carbocycles. The van der Waals surface area contributed by atoms with Gasteiger partial charge >= 0.3 is 0 Å². The fraction of sp³-hybridized carbons (Fsp3) is 0.545. The van der Waals surface area contributed by atoms with Gasteiger partial charge in [-0.15, -0.1) is 0 Å². The Morgan fingerprint density at radius 1 is 1.53 bits per heavy atom. The van der Waals surface area contributed by atoms with Gasteiger partial charge in [0.05, 0.1) is 0 Å². The summed E-state index contributed by atoms with van der Waals surface area (Å²) >= 11 is 0. The summed E-state index contributed by atoms with van der Waals surface area (Å²) in [6.45, 7) is 5.37. The standard InChI is InChI=1S/C11H17N3O3/c1-3-9(15)13-7(2)11(17)14-6-4-5-8(14)10(12)16/h3,7-8H,1,4-6H2,2H3,(H2,12,16)(H,13,15)/t7?,8-/m0/s1. The Kier molecular flexibility index (Phi) is 4.25. The van der Waals surface area contributed by atoms with Crippen LogP contribution >= 0.6 is 0 Å². The molecule has 1 unspecified atom stereocenters. The molecule has 1 aliphatic rings. The number of amides is 3. The van der Waals surface area contributed by atoms with Crippen molar-refractivity contribution in [1.82, 2.24) is 10.2 Å². The molecular weight excluding hydrogens is 222 g/mol. The van der Waals surface area contributed by atoms with Crippen molar-refractivity contribution < 1.29 is 14.4 Å². The van der Waals surface area contributed by atoms with Crippen LogP contribution in [0.2, 0.25) is 0 Å². The summed E-state index contributed by atoms with van der Waals surface area (Å²) in [5, 5.41) is 2.47.